The Hall–Kier alpha value is -0.610. The van der Waals surface area contributed by atoms with Gasteiger partial charge in [0.2, 0.25) is 0 Å². The van der Waals surface area contributed by atoms with Crippen LogP contribution >= 0.6 is 15.9 Å². The van der Waals surface area contributed by atoms with Crippen molar-refractivity contribution in [2.24, 2.45) is 5.92 Å². The zero-order valence-corrected chi connectivity index (χ0v) is 11.3. The molecule has 2 nitrogen and oxygen atoms in total. The van der Waals surface area contributed by atoms with Gasteiger partial charge in [0.25, 0.3) is 0 Å². The molecule has 90 valence electrons. The van der Waals surface area contributed by atoms with Crippen LogP contribution in [-0.2, 0) is 0 Å². The molecule has 16 heavy (non-hydrogen) atoms. The Labute approximate surface area is 104 Å². The molecule has 1 N–H and O–H groups in total. The molecule has 4 heteroatoms. The van der Waals surface area contributed by atoms with Crippen molar-refractivity contribution in [3.63, 3.8) is 0 Å². The highest BCUT2D eigenvalue weighted by atomic mass is 79.9. The molecule has 1 rings (SSSR count). The molecule has 1 unspecified atom stereocenters. The Morgan fingerprint density at radius 2 is 2.06 bits per heavy atom. The summed E-state index contributed by atoms with van der Waals surface area (Å²) in [5.74, 6) is -0.0156. The molecule has 0 saturated heterocycles. The van der Waals surface area contributed by atoms with Gasteiger partial charge in [0.1, 0.15) is 5.82 Å². The van der Waals surface area contributed by atoms with Crippen LogP contribution in [-0.4, -0.2) is 24.8 Å². The number of benzene rings is 1. The Morgan fingerprint density at radius 1 is 1.44 bits per heavy atom. The van der Waals surface area contributed by atoms with E-state index in [1.54, 1.807) is 24.1 Å². The van der Waals surface area contributed by atoms with Crippen molar-refractivity contribution in [2.75, 3.05) is 18.6 Å². The maximum Gasteiger partial charge on any atom is 0.146 e. The minimum Gasteiger partial charge on any atom is -0.394 e. The number of hydrogen-bond donors (Lipinski definition) is 1. The van der Waals surface area contributed by atoms with Crippen LogP contribution in [0, 0.1) is 11.7 Å². The Bertz CT molecular complexity index is 357. The number of hydrogen-bond acceptors (Lipinski definition) is 2. The average Bonchev–Trinajstić information content (AvgIpc) is 2.22. The van der Waals surface area contributed by atoms with Crippen molar-refractivity contribution < 1.29 is 9.50 Å². The first-order valence-electron chi connectivity index (χ1n) is 5.26. The molecule has 0 saturated carbocycles. The molecule has 1 atom stereocenters. The van der Waals surface area contributed by atoms with Gasteiger partial charge in [-0.1, -0.05) is 29.8 Å². The van der Waals surface area contributed by atoms with Gasteiger partial charge in [-0.3, -0.25) is 0 Å². The molecule has 0 fully saturated rings. The van der Waals surface area contributed by atoms with Gasteiger partial charge in [-0.05, 0) is 24.1 Å². The maximum absolute atomic E-state index is 13.6. The molecular weight excluding hydrogens is 273 g/mol. The molecule has 1 aromatic carbocycles. The average molecular weight is 290 g/mol. The topological polar surface area (TPSA) is 23.5 Å². The number of likely N-dealkylation sites (N-methyl/N-ethyl adjacent to an activating group) is 1. The largest absolute Gasteiger partial charge is 0.394 e. The number of aliphatic hydroxyl groups is 1. The van der Waals surface area contributed by atoms with Crippen LogP contribution in [0.25, 0.3) is 0 Å². The lowest BCUT2D eigenvalue weighted by Gasteiger charge is -2.31. The van der Waals surface area contributed by atoms with Crippen molar-refractivity contribution in [1.29, 1.82) is 0 Å². The molecule has 0 aliphatic carbocycles. The molecule has 0 aliphatic rings. The van der Waals surface area contributed by atoms with E-state index in [1.165, 1.54) is 6.07 Å². The molecule has 0 aliphatic heterocycles. The minimum atomic E-state index is -0.273. The van der Waals surface area contributed by atoms with Crippen LogP contribution in [0.3, 0.4) is 0 Å². The lowest BCUT2D eigenvalue weighted by molar-refractivity contribution is 0.234. The van der Waals surface area contributed by atoms with Gasteiger partial charge in [0.15, 0.2) is 0 Å². The monoisotopic (exact) mass is 289 g/mol. The highest BCUT2D eigenvalue weighted by Gasteiger charge is 2.20. The van der Waals surface area contributed by atoms with Crippen molar-refractivity contribution in [3.8, 4) is 0 Å². The minimum absolute atomic E-state index is 0.0140. The Morgan fingerprint density at radius 3 is 2.56 bits per heavy atom. The third kappa shape index (κ3) is 2.95. The van der Waals surface area contributed by atoms with E-state index >= 15 is 0 Å². The first-order valence-corrected chi connectivity index (χ1v) is 6.05. The fourth-order valence-corrected chi connectivity index (χ4v) is 2.06. The maximum atomic E-state index is 13.6. The first-order chi connectivity index (χ1) is 7.47. The summed E-state index contributed by atoms with van der Waals surface area (Å²) < 4.78 is 14.5. The summed E-state index contributed by atoms with van der Waals surface area (Å²) >= 11 is 3.32. The van der Waals surface area contributed by atoms with Crippen LogP contribution in [0.1, 0.15) is 13.8 Å². The second-order valence-corrected chi connectivity index (χ2v) is 5.12. The number of anilines is 1. The quantitative estimate of drug-likeness (QED) is 0.921. The molecule has 0 bridgehead atoms. The molecular formula is C12H17BrFNO. The Balaban J connectivity index is 3.02. The second-order valence-electron chi connectivity index (χ2n) is 4.20. The predicted molar refractivity (Wildman–Crippen MR) is 68.2 cm³/mol. The third-order valence-corrected chi connectivity index (χ3v) is 3.24. The summed E-state index contributed by atoms with van der Waals surface area (Å²) in [7, 11) is 1.80. The summed E-state index contributed by atoms with van der Waals surface area (Å²) in [6.45, 7) is 4.03. The van der Waals surface area contributed by atoms with Crippen molar-refractivity contribution >= 4 is 21.6 Å². The fraction of sp³-hybridized carbons (Fsp3) is 0.500. The van der Waals surface area contributed by atoms with E-state index in [2.05, 4.69) is 15.9 Å². The van der Waals surface area contributed by atoms with Gasteiger partial charge in [-0.15, -0.1) is 0 Å². The smallest absolute Gasteiger partial charge is 0.146 e. The molecule has 1 aromatic rings. The van der Waals surface area contributed by atoms with Crippen LogP contribution in [0.15, 0.2) is 22.7 Å². The summed E-state index contributed by atoms with van der Waals surface area (Å²) in [5.41, 5.74) is 0.502. The zero-order valence-electron chi connectivity index (χ0n) is 9.74. The van der Waals surface area contributed by atoms with Crippen LogP contribution < -0.4 is 4.90 Å². The lowest BCUT2D eigenvalue weighted by atomic mass is 10.0. The summed E-state index contributed by atoms with van der Waals surface area (Å²) in [6.07, 6.45) is 0. The van der Waals surface area contributed by atoms with E-state index in [0.717, 1.165) is 4.47 Å². The number of rotatable bonds is 4. The van der Waals surface area contributed by atoms with E-state index in [4.69, 9.17) is 0 Å². The molecule has 0 aromatic heterocycles. The molecule has 0 heterocycles. The Kier molecular flexibility index (Phi) is 4.74. The number of nitrogens with zero attached hydrogens (tertiary/aromatic N) is 1. The number of halogens is 2. The van der Waals surface area contributed by atoms with Crippen LogP contribution in [0.4, 0.5) is 10.1 Å². The highest BCUT2D eigenvalue weighted by molar-refractivity contribution is 9.10. The van der Waals surface area contributed by atoms with Crippen molar-refractivity contribution in [2.45, 2.75) is 19.9 Å². The molecule has 0 amide bonds. The van der Waals surface area contributed by atoms with Gasteiger partial charge < -0.3 is 10.0 Å². The van der Waals surface area contributed by atoms with Gasteiger partial charge in [0.05, 0.1) is 18.3 Å². The van der Waals surface area contributed by atoms with Gasteiger partial charge in [-0.2, -0.15) is 0 Å². The summed E-state index contributed by atoms with van der Waals surface area (Å²) in [4.78, 5) is 1.78. The van der Waals surface area contributed by atoms with E-state index < -0.39 is 0 Å². The zero-order chi connectivity index (χ0) is 12.3. The van der Waals surface area contributed by atoms with Crippen molar-refractivity contribution in [1.82, 2.24) is 0 Å². The van der Waals surface area contributed by atoms with Crippen LogP contribution in [0.2, 0.25) is 0 Å². The first kappa shape index (κ1) is 13.5. The summed E-state index contributed by atoms with van der Waals surface area (Å²) in [5, 5.41) is 9.31. The fourth-order valence-electron chi connectivity index (χ4n) is 1.72. The normalized spacial score (nSPS) is 12.9. The van der Waals surface area contributed by atoms with E-state index in [1.807, 2.05) is 13.8 Å². The standard InChI is InChI=1S/C12H17BrFNO/c1-8(2)12(7-16)15(3)11-6-9(13)4-5-10(11)14/h4-6,8,12,16H,7H2,1-3H3. The van der Waals surface area contributed by atoms with E-state index in [0.29, 0.717) is 5.69 Å². The van der Waals surface area contributed by atoms with Gasteiger partial charge in [0, 0.05) is 11.5 Å². The predicted octanol–water partition coefficient (Wildman–Crippen LogP) is 3.04. The van der Waals surface area contributed by atoms with Crippen LogP contribution in [0.5, 0.6) is 0 Å². The molecule has 0 radical (unpaired) electrons. The van der Waals surface area contributed by atoms with Gasteiger partial charge >= 0.3 is 0 Å². The molecule has 0 spiro atoms. The van der Waals surface area contributed by atoms with E-state index in [9.17, 15) is 9.50 Å². The van der Waals surface area contributed by atoms with E-state index in [-0.39, 0.29) is 24.4 Å². The SMILES string of the molecule is CC(C)C(CO)N(C)c1cc(Br)ccc1F. The lowest BCUT2D eigenvalue weighted by Crippen LogP contribution is -2.39. The van der Waals surface area contributed by atoms with Crippen molar-refractivity contribution in [3.05, 3.63) is 28.5 Å². The number of aliphatic hydroxyl groups excluding tert-OH is 1. The second kappa shape index (κ2) is 5.64. The summed E-state index contributed by atoms with van der Waals surface area (Å²) in [6, 6.07) is 4.73. The highest BCUT2D eigenvalue weighted by Crippen LogP contribution is 2.26. The third-order valence-electron chi connectivity index (χ3n) is 2.74. The van der Waals surface area contributed by atoms with Gasteiger partial charge in [-0.25, -0.2) is 4.39 Å².